The third kappa shape index (κ3) is 7.98. The van der Waals surface area contributed by atoms with Crippen LogP contribution in [-0.2, 0) is 20.7 Å². The second-order valence-electron chi connectivity index (χ2n) is 7.94. The molecular weight excluding hydrogens is 404 g/mol. The van der Waals surface area contributed by atoms with E-state index in [9.17, 15) is 9.59 Å². The van der Waals surface area contributed by atoms with Gasteiger partial charge in [0.2, 0.25) is 11.8 Å². The molecule has 0 aliphatic carbocycles. The summed E-state index contributed by atoms with van der Waals surface area (Å²) in [5, 5.41) is 5.88. The first-order valence-electron chi connectivity index (χ1n) is 11.4. The summed E-state index contributed by atoms with van der Waals surface area (Å²) in [7, 11) is 0. The first-order chi connectivity index (χ1) is 15.6. The SMILES string of the molecule is CCN(CC(=O)NCCCc1ccccc1)CC(=O)Nc1ccc(N2CCOCC2)cc1. The van der Waals surface area contributed by atoms with Crippen LogP contribution in [0.4, 0.5) is 11.4 Å². The number of benzene rings is 2. The van der Waals surface area contributed by atoms with Gasteiger partial charge in [-0.25, -0.2) is 0 Å². The van der Waals surface area contributed by atoms with Gasteiger partial charge in [0.1, 0.15) is 0 Å². The molecule has 0 spiro atoms. The van der Waals surface area contributed by atoms with Crippen molar-refractivity contribution in [1.82, 2.24) is 10.2 Å². The number of hydrogen-bond acceptors (Lipinski definition) is 5. The molecule has 0 unspecified atom stereocenters. The second kappa shape index (κ2) is 12.8. The summed E-state index contributed by atoms with van der Waals surface area (Å²) in [6, 6.07) is 18.1. The molecule has 1 saturated heterocycles. The van der Waals surface area contributed by atoms with E-state index >= 15 is 0 Å². The lowest BCUT2D eigenvalue weighted by Crippen LogP contribution is -2.41. The molecule has 1 aliphatic heterocycles. The monoisotopic (exact) mass is 438 g/mol. The summed E-state index contributed by atoms with van der Waals surface area (Å²) < 4.78 is 5.39. The van der Waals surface area contributed by atoms with Crippen molar-refractivity contribution < 1.29 is 14.3 Å². The number of likely N-dealkylation sites (N-methyl/N-ethyl adjacent to an activating group) is 1. The zero-order chi connectivity index (χ0) is 22.6. The number of rotatable bonds is 11. The largest absolute Gasteiger partial charge is 0.378 e. The van der Waals surface area contributed by atoms with Crippen LogP contribution in [0.25, 0.3) is 0 Å². The topological polar surface area (TPSA) is 73.9 Å². The fourth-order valence-electron chi connectivity index (χ4n) is 3.68. The van der Waals surface area contributed by atoms with Crippen LogP contribution in [-0.4, -0.2) is 69.2 Å². The maximum atomic E-state index is 12.5. The maximum absolute atomic E-state index is 12.5. The Morgan fingerprint density at radius 2 is 1.66 bits per heavy atom. The van der Waals surface area contributed by atoms with Gasteiger partial charge in [-0.2, -0.15) is 0 Å². The van der Waals surface area contributed by atoms with E-state index in [1.165, 1.54) is 5.56 Å². The first kappa shape index (κ1) is 23.8. The van der Waals surface area contributed by atoms with Crippen molar-refractivity contribution in [2.75, 3.05) is 62.7 Å². The number of anilines is 2. The zero-order valence-electron chi connectivity index (χ0n) is 18.9. The minimum absolute atomic E-state index is 0.0532. The van der Waals surface area contributed by atoms with Gasteiger partial charge in [0.05, 0.1) is 26.3 Å². The summed E-state index contributed by atoms with van der Waals surface area (Å²) in [5.74, 6) is -0.176. The standard InChI is InChI=1S/C25H34N4O3/c1-2-28(19-24(30)26-14-6-9-21-7-4-3-5-8-21)20-25(31)27-22-10-12-23(13-11-22)29-15-17-32-18-16-29/h3-5,7-8,10-13H,2,6,9,14-20H2,1H3,(H,26,30)(H,27,31). The van der Waals surface area contributed by atoms with Gasteiger partial charge < -0.3 is 20.3 Å². The second-order valence-corrected chi connectivity index (χ2v) is 7.94. The van der Waals surface area contributed by atoms with Crippen LogP contribution in [0.1, 0.15) is 18.9 Å². The number of carbonyl (C=O) groups is 2. The Morgan fingerprint density at radius 1 is 0.969 bits per heavy atom. The van der Waals surface area contributed by atoms with Crippen molar-refractivity contribution in [2.24, 2.45) is 0 Å². The van der Waals surface area contributed by atoms with Gasteiger partial charge in [-0.05, 0) is 49.2 Å². The Balaban J connectivity index is 1.36. The lowest BCUT2D eigenvalue weighted by atomic mass is 10.1. The Kier molecular flexibility index (Phi) is 9.53. The van der Waals surface area contributed by atoms with Crippen molar-refractivity contribution in [2.45, 2.75) is 19.8 Å². The number of hydrogen-bond donors (Lipinski definition) is 2. The van der Waals surface area contributed by atoms with E-state index in [0.29, 0.717) is 13.1 Å². The molecule has 2 amide bonds. The van der Waals surface area contributed by atoms with Gasteiger partial charge >= 0.3 is 0 Å². The van der Waals surface area contributed by atoms with Crippen molar-refractivity contribution >= 4 is 23.2 Å². The molecule has 1 fully saturated rings. The van der Waals surface area contributed by atoms with Gasteiger partial charge in [0.15, 0.2) is 0 Å². The molecular formula is C25H34N4O3. The van der Waals surface area contributed by atoms with E-state index in [-0.39, 0.29) is 24.9 Å². The Morgan fingerprint density at radius 3 is 2.34 bits per heavy atom. The van der Waals surface area contributed by atoms with Gasteiger partial charge in [0, 0.05) is 31.0 Å². The average Bonchev–Trinajstić information content (AvgIpc) is 2.83. The normalized spacial score (nSPS) is 13.8. The third-order valence-electron chi connectivity index (χ3n) is 5.52. The highest BCUT2D eigenvalue weighted by Gasteiger charge is 2.14. The summed E-state index contributed by atoms with van der Waals surface area (Å²) in [6.07, 6.45) is 1.83. The molecule has 2 aromatic carbocycles. The fraction of sp³-hybridized carbons (Fsp3) is 0.440. The summed E-state index contributed by atoms with van der Waals surface area (Å²) in [4.78, 5) is 28.8. The van der Waals surface area contributed by atoms with E-state index in [4.69, 9.17) is 4.74 Å². The molecule has 3 rings (SSSR count). The molecule has 0 bridgehead atoms. The molecule has 0 radical (unpaired) electrons. The van der Waals surface area contributed by atoms with Crippen LogP contribution in [0.5, 0.6) is 0 Å². The van der Waals surface area contributed by atoms with Crippen LogP contribution >= 0.6 is 0 Å². The molecule has 32 heavy (non-hydrogen) atoms. The van der Waals surface area contributed by atoms with Crippen LogP contribution < -0.4 is 15.5 Å². The van der Waals surface area contributed by atoms with E-state index in [1.54, 1.807) is 0 Å². The molecule has 7 nitrogen and oxygen atoms in total. The lowest BCUT2D eigenvalue weighted by molar-refractivity contribution is -0.123. The Bertz CT molecular complexity index is 836. The molecule has 1 heterocycles. The van der Waals surface area contributed by atoms with Crippen LogP contribution in [0.3, 0.4) is 0 Å². The van der Waals surface area contributed by atoms with Gasteiger partial charge in [-0.3, -0.25) is 14.5 Å². The van der Waals surface area contributed by atoms with Crippen LogP contribution in [0.2, 0.25) is 0 Å². The van der Waals surface area contributed by atoms with E-state index < -0.39 is 0 Å². The quantitative estimate of drug-likeness (QED) is 0.528. The number of nitrogens with one attached hydrogen (secondary N) is 2. The number of morpholine rings is 1. The molecule has 0 atom stereocenters. The predicted octanol–water partition coefficient (Wildman–Crippen LogP) is 2.53. The number of aryl methyl sites for hydroxylation is 1. The molecule has 0 saturated carbocycles. The van der Waals surface area contributed by atoms with Crippen molar-refractivity contribution in [3.63, 3.8) is 0 Å². The van der Waals surface area contributed by atoms with E-state index in [2.05, 4.69) is 27.7 Å². The summed E-state index contributed by atoms with van der Waals surface area (Å²) in [5.41, 5.74) is 3.16. The average molecular weight is 439 g/mol. The molecule has 172 valence electrons. The number of nitrogens with zero attached hydrogens (tertiary/aromatic N) is 2. The summed E-state index contributed by atoms with van der Waals surface area (Å²) >= 11 is 0. The summed E-state index contributed by atoms with van der Waals surface area (Å²) in [6.45, 7) is 6.85. The highest BCUT2D eigenvalue weighted by atomic mass is 16.5. The fourth-order valence-corrected chi connectivity index (χ4v) is 3.68. The molecule has 2 aromatic rings. The number of ether oxygens (including phenoxy) is 1. The zero-order valence-corrected chi connectivity index (χ0v) is 18.9. The van der Waals surface area contributed by atoms with Crippen LogP contribution in [0, 0.1) is 0 Å². The smallest absolute Gasteiger partial charge is 0.238 e. The van der Waals surface area contributed by atoms with Crippen molar-refractivity contribution in [3.8, 4) is 0 Å². The molecule has 0 aromatic heterocycles. The van der Waals surface area contributed by atoms with Gasteiger partial charge in [-0.15, -0.1) is 0 Å². The highest BCUT2D eigenvalue weighted by Crippen LogP contribution is 2.19. The Hall–Kier alpha value is -2.90. The van der Waals surface area contributed by atoms with Crippen molar-refractivity contribution in [3.05, 3.63) is 60.2 Å². The highest BCUT2D eigenvalue weighted by molar-refractivity contribution is 5.92. The molecule has 2 N–H and O–H groups in total. The lowest BCUT2D eigenvalue weighted by Gasteiger charge is -2.29. The van der Waals surface area contributed by atoms with Crippen molar-refractivity contribution in [1.29, 1.82) is 0 Å². The first-order valence-corrected chi connectivity index (χ1v) is 11.4. The van der Waals surface area contributed by atoms with E-state index in [1.807, 2.05) is 54.3 Å². The minimum Gasteiger partial charge on any atom is -0.378 e. The Labute approximate surface area is 190 Å². The van der Waals surface area contributed by atoms with Gasteiger partial charge in [-0.1, -0.05) is 37.3 Å². The third-order valence-corrected chi connectivity index (χ3v) is 5.52. The van der Waals surface area contributed by atoms with Gasteiger partial charge in [0.25, 0.3) is 0 Å². The van der Waals surface area contributed by atoms with Crippen LogP contribution in [0.15, 0.2) is 54.6 Å². The minimum atomic E-state index is -0.122. The number of amides is 2. The molecule has 7 heteroatoms. The molecule has 1 aliphatic rings. The maximum Gasteiger partial charge on any atom is 0.238 e. The predicted molar refractivity (Wildman–Crippen MR) is 128 cm³/mol. The van der Waals surface area contributed by atoms with E-state index in [0.717, 1.165) is 50.5 Å². The number of carbonyl (C=O) groups excluding carboxylic acids is 2.